The monoisotopic (exact) mass is 318 g/mol. The van der Waals surface area contributed by atoms with Crippen molar-refractivity contribution >= 4 is 10.0 Å². The Balaban J connectivity index is 2.31. The molecule has 0 aromatic rings. The first-order chi connectivity index (χ1) is 9.94. The molecule has 1 fully saturated rings. The predicted octanol–water partition coefficient (Wildman–Crippen LogP) is 3.04. The van der Waals surface area contributed by atoms with Crippen LogP contribution in [0.2, 0.25) is 0 Å². The van der Waals surface area contributed by atoms with Crippen LogP contribution < -0.4 is 10.0 Å². The van der Waals surface area contributed by atoms with Gasteiger partial charge in [0.05, 0.1) is 5.75 Å². The molecule has 0 saturated heterocycles. The molecule has 1 aliphatic rings. The maximum Gasteiger partial charge on any atom is 0.211 e. The molecule has 0 bridgehead atoms. The van der Waals surface area contributed by atoms with Crippen LogP contribution in [0.15, 0.2) is 0 Å². The van der Waals surface area contributed by atoms with Gasteiger partial charge in [0.15, 0.2) is 0 Å². The van der Waals surface area contributed by atoms with Crippen molar-refractivity contribution in [1.29, 1.82) is 0 Å². The smallest absolute Gasteiger partial charge is 0.211 e. The highest BCUT2D eigenvalue weighted by atomic mass is 32.2. The van der Waals surface area contributed by atoms with E-state index in [4.69, 9.17) is 0 Å². The van der Waals surface area contributed by atoms with E-state index in [-0.39, 0.29) is 11.8 Å². The van der Waals surface area contributed by atoms with Gasteiger partial charge in [0.25, 0.3) is 0 Å². The molecule has 1 atom stereocenters. The summed E-state index contributed by atoms with van der Waals surface area (Å²) in [6.07, 6.45) is 8.73. The van der Waals surface area contributed by atoms with Crippen molar-refractivity contribution in [2.45, 2.75) is 84.2 Å². The van der Waals surface area contributed by atoms with Crippen molar-refractivity contribution in [2.75, 3.05) is 12.3 Å². The summed E-state index contributed by atoms with van der Waals surface area (Å²) in [5.74, 6) is 0.803. The molecule has 4 nitrogen and oxygen atoms in total. The second-order valence-electron chi connectivity index (χ2n) is 6.67. The zero-order chi connectivity index (χ0) is 15.7. The molecule has 21 heavy (non-hydrogen) atoms. The van der Waals surface area contributed by atoms with Crippen LogP contribution >= 0.6 is 0 Å². The van der Waals surface area contributed by atoms with Crippen LogP contribution in [0.1, 0.15) is 72.1 Å². The second kappa shape index (κ2) is 9.80. The van der Waals surface area contributed by atoms with Gasteiger partial charge in [-0.1, -0.05) is 40.0 Å². The number of nitrogens with one attached hydrogen (secondary N) is 2. The van der Waals surface area contributed by atoms with Gasteiger partial charge in [0, 0.05) is 12.1 Å². The second-order valence-corrected chi connectivity index (χ2v) is 8.54. The molecular weight excluding hydrogens is 284 g/mol. The molecule has 5 heteroatoms. The summed E-state index contributed by atoms with van der Waals surface area (Å²) in [6.45, 7) is 7.20. The minimum atomic E-state index is -3.12. The summed E-state index contributed by atoms with van der Waals surface area (Å²) < 4.78 is 27.4. The van der Waals surface area contributed by atoms with Gasteiger partial charge < -0.3 is 5.32 Å². The van der Waals surface area contributed by atoms with Gasteiger partial charge in [-0.3, -0.25) is 0 Å². The highest BCUT2D eigenvalue weighted by Gasteiger charge is 2.25. The van der Waals surface area contributed by atoms with Crippen molar-refractivity contribution in [3.63, 3.8) is 0 Å². The minimum Gasteiger partial charge on any atom is -0.315 e. The average molecular weight is 319 g/mol. The molecule has 0 spiro atoms. The zero-order valence-electron chi connectivity index (χ0n) is 14.0. The van der Waals surface area contributed by atoms with Crippen molar-refractivity contribution in [3.8, 4) is 0 Å². The third kappa shape index (κ3) is 8.17. The molecule has 0 radical (unpaired) electrons. The summed E-state index contributed by atoms with van der Waals surface area (Å²) in [5, 5.41) is 3.32. The lowest BCUT2D eigenvalue weighted by Gasteiger charge is -2.30. The van der Waals surface area contributed by atoms with Crippen molar-refractivity contribution in [3.05, 3.63) is 0 Å². The fraction of sp³-hybridized carbons (Fsp3) is 1.00. The number of unbranched alkanes of at least 4 members (excludes halogenated alkanes) is 1. The molecule has 1 saturated carbocycles. The van der Waals surface area contributed by atoms with Crippen LogP contribution in [0.4, 0.5) is 0 Å². The third-order valence-corrected chi connectivity index (χ3v) is 5.87. The van der Waals surface area contributed by atoms with Crippen LogP contribution in [0.5, 0.6) is 0 Å². The van der Waals surface area contributed by atoms with Crippen molar-refractivity contribution in [1.82, 2.24) is 10.0 Å². The van der Waals surface area contributed by atoms with E-state index in [1.54, 1.807) is 0 Å². The summed E-state index contributed by atoms with van der Waals surface area (Å²) in [7, 11) is -3.12. The van der Waals surface area contributed by atoms with Crippen LogP contribution in [0.25, 0.3) is 0 Å². The lowest BCUT2D eigenvalue weighted by Crippen LogP contribution is -2.41. The lowest BCUT2D eigenvalue weighted by atomic mass is 9.83. The first kappa shape index (κ1) is 18.9. The Bertz CT molecular complexity index is 362. The maximum absolute atomic E-state index is 12.2. The lowest BCUT2D eigenvalue weighted by molar-refractivity contribution is 0.285. The zero-order valence-corrected chi connectivity index (χ0v) is 14.8. The van der Waals surface area contributed by atoms with Crippen LogP contribution in [0.3, 0.4) is 0 Å². The summed E-state index contributed by atoms with van der Waals surface area (Å²) in [6, 6.07) is 0.611. The first-order valence-corrected chi connectivity index (χ1v) is 10.3. The third-order valence-electron chi connectivity index (χ3n) is 4.38. The van der Waals surface area contributed by atoms with E-state index in [1.165, 1.54) is 32.1 Å². The highest BCUT2D eigenvalue weighted by Crippen LogP contribution is 2.28. The van der Waals surface area contributed by atoms with E-state index >= 15 is 0 Å². The fourth-order valence-corrected chi connectivity index (χ4v) is 4.67. The Morgan fingerprint density at radius 1 is 1.10 bits per heavy atom. The van der Waals surface area contributed by atoms with Gasteiger partial charge in [-0.05, 0) is 44.6 Å². The van der Waals surface area contributed by atoms with Crippen molar-refractivity contribution in [2.24, 2.45) is 5.92 Å². The Hall–Kier alpha value is -0.130. The molecule has 126 valence electrons. The molecule has 1 unspecified atom stereocenters. The predicted molar refractivity (Wildman–Crippen MR) is 89.9 cm³/mol. The number of rotatable bonds is 10. The van der Waals surface area contributed by atoms with E-state index in [0.29, 0.717) is 12.0 Å². The molecule has 0 aromatic carbocycles. The van der Waals surface area contributed by atoms with E-state index in [2.05, 4.69) is 30.8 Å². The fourth-order valence-electron chi connectivity index (χ4n) is 3.15. The van der Waals surface area contributed by atoms with Crippen LogP contribution in [-0.2, 0) is 10.0 Å². The molecule has 0 amide bonds. The summed E-state index contributed by atoms with van der Waals surface area (Å²) >= 11 is 0. The molecule has 1 aliphatic carbocycles. The van der Waals surface area contributed by atoms with Gasteiger partial charge in [0.2, 0.25) is 10.0 Å². The largest absolute Gasteiger partial charge is 0.315 e. The van der Waals surface area contributed by atoms with Crippen LogP contribution in [-0.4, -0.2) is 32.8 Å². The number of hydrogen-bond donors (Lipinski definition) is 2. The quantitative estimate of drug-likeness (QED) is 0.609. The highest BCUT2D eigenvalue weighted by molar-refractivity contribution is 7.89. The van der Waals surface area contributed by atoms with Gasteiger partial charge >= 0.3 is 0 Å². The van der Waals surface area contributed by atoms with Gasteiger partial charge in [-0.15, -0.1) is 0 Å². The van der Waals surface area contributed by atoms with Gasteiger partial charge in [-0.25, -0.2) is 13.1 Å². The topological polar surface area (TPSA) is 58.2 Å². The van der Waals surface area contributed by atoms with Gasteiger partial charge in [0.1, 0.15) is 0 Å². The van der Waals surface area contributed by atoms with Crippen molar-refractivity contribution < 1.29 is 8.42 Å². The molecule has 2 N–H and O–H groups in total. The summed E-state index contributed by atoms with van der Waals surface area (Å²) in [5.41, 5.74) is 0. The molecule has 0 aliphatic heterocycles. The Labute approximate surface area is 131 Å². The maximum atomic E-state index is 12.2. The number of hydrogen-bond acceptors (Lipinski definition) is 3. The minimum absolute atomic E-state index is 0.143. The van der Waals surface area contributed by atoms with E-state index in [0.717, 1.165) is 25.8 Å². The average Bonchev–Trinajstić information content (AvgIpc) is 2.45. The van der Waals surface area contributed by atoms with E-state index in [1.807, 2.05) is 0 Å². The Morgan fingerprint density at radius 3 is 2.33 bits per heavy atom. The molecule has 0 heterocycles. The SMILES string of the molecule is CCC(NS(=O)(=O)CCCCNC(C)C)C1CCCCC1. The normalized spacial score (nSPS) is 19.0. The molecular formula is C16H34N2O2S. The van der Waals surface area contributed by atoms with E-state index < -0.39 is 10.0 Å². The summed E-state index contributed by atoms with van der Waals surface area (Å²) in [4.78, 5) is 0. The Morgan fingerprint density at radius 2 is 1.76 bits per heavy atom. The van der Waals surface area contributed by atoms with Gasteiger partial charge in [-0.2, -0.15) is 0 Å². The Kier molecular flexibility index (Phi) is 8.83. The standard InChI is InChI=1S/C16H34N2O2S/c1-4-16(15-10-6-5-7-11-15)18-21(19,20)13-9-8-12-17-14(2)3/h14-18H,4-13H2,1-3H3. The molecule has 0 aromatic heterocycles. The first-order valence-electron chi connectivity index (χ1n) is 8.68. The van der Waals surface area contributed by atoms with Crippen LogP contribution in [0, 0.1) is 5.92 Å². The number of sulfonamides is 1. The molecule has 1 rings (SSSR count). The van der Waals surface area contributed by atoms with E-state index in [9.17, 15) is 8.42 Å².